The van der Waals surface area contributed by atoms with Crippen molar-refractivity contribution >= 4 is 12.0 Å². The summed E-state index contributed by atoms with van der Waals surface area (Å²) in [6, 6.07) is 12.1. The standard InChI is InChI=1S/C17H18N4/c1-3-17(2,11-19)13-6-4-5-12(9-13)14-7-8-21-16(20)15(14)10-18/h4-10,18H,3H2,1-2H3,(H2,20,21). The Bertz CT molecular complexity index is 715. The van der Waals surface area contributed by atoms with E-state index in [1.165, 1.54) is 6.21 Å². The van der Waals surface area contributed by atoms with Gasteiger partial charge < -0.3 is 11.1 Å². The number of anilines is 1. The molecule has 4 heteroatoms. The number of hydrogen-bond donors (Lipinski definition) is 2. The Morgan fingerprint density at radius 1 is 1.43 bits per heavy atom. The first-order valence-electron chi connectivity index (χ1n) is 6.83. The molecule has 0 saturated carbocycles. The summed E-state index contributed by atoms with van der Waals surface area (Å²) in [6.45, 7) is 3.94. The first-order valence-corrected chi connectivity index (χ1v) is 6.83. The lowest BCUT2D eigenvalue weighted by Gasteiger charge is -2.21. The van der Waals surface area contributed by atoms with Gasteiger partial charge in [-0.2, -0.15) is 5.26 Å². The SMILES string of the molecule is CCC(C)(C#N)c1cccc(-c2ccnc(N)c2C=N)c1. The molecule has 2 aromatic rings. The highest BCUT2D eigenvalue weighted by atomic mass is 14.8. The van der Waals surface area contributed by atoms with Gasteiger partial charge in [0.15, 0.2) is 0 Å². The number of nitrogens with two attached hydrogens (primary N) is 1. The van der Waals surface area contributed by atoms with E-state index in [-0.39, 0.29) is 0 Å². The molecule has 1 heterocycles. The molecule has 106 valence electrons. The topological polar surface area (TPSA) is 86.6 Å². The largest absolute Gasteiger partial charge is 0.383 e. The second kappa shape index (κ2) is 5.76. The van der Waals surface area contributed by atoms with Crippen LogP contribution in [-0.2, 0) is 5.41 Å². The van der Waals surface area contributed by atoms with Crippen molar-refractivity contribution in [3.63, 3.8) is 0 Å². The summed E-state index contributed by atoms with van der Waals surface area (Å²) >= 11 is 0. The van der Waals surface area contributed by atoms with Gasteiger partial charge in [0.2, 0.25) is 0 Å². The van der Waals surface area contributed by atoms with E-state index in [0.717, 1.165) is 23.1 Å². The van der Waals surface area contributed by atoms with Crippen molar-refractivity contribution in [1.29, 1.82) is 10.7 Å². The van der Waals surface area contributed by atoms with Crippen LogP contribution in [0.15, 0.2) is 36.5 Å². The van der Waals surface area contributed by atoms with Crippen molar-refractivity contribution in [2.45, 2.75) is 25.7 Å². The van der Waals surface area contributed by atoms with Gasteiger partial charge in [-0.15, -0.1) is 0 Å². The van der Waals surface area contributed by atoms with Gasteiger partial charge in [0.1, 0.15) is 5.82 Å². The highest BCUT2D eigenvalue weighted by Crippen LogP contribution is 2.32. The minimum Gasteiger partial charge on any atom is -0.383 e. The van der Waals surface area contributed by atoms with Crippen LogP contribution in [-0.4, -0.2) is 11.2 Å². The summed E-state index contributed by atoms with van der Waals surface area (Å²) in [7, 11) is 0. The Morgan fingerprint density at radius 3 is 2.81 bits per heavy atom. The molecule has 4 nitrogen and oxygen atoms in total. The third-order valence-corrected chi connectivity index (χ3v) is 3.93. The number of aromatic nitrogens is 1. The number of nitrogen functional groups attached to an aromatic ring is 1. The Morgan fingerprint density at radius 2 is 2.19 bits per heavy atom. The van der Waals surface area contributed by atoms with Crippen molar-refractivity contribution in [3.8, 4) is 17.2 Å². The smallest absolute Gasteiger partial charge is 0.132 e. The molecule has 21 heavy (non-hydrogen) atoms. The molecule has 0 spiro atoms. The van der Waals surface area contributed by atoms with Crippen LogP contribution >= 0.6 is 0 Å². The highest BCUT2D eigenvalue weighted by molar-refractivity contribution is 5.93. The molecule has 0 aliphatic carbocycles. The number of rotatable bonds is 4. The zero-order valence-electron chi connectivity index (χ0n) is 12.2. The molecule has 0 aliphatic heterocycles. The van der Waals surface area contributed by atoms with Crippen molar-refractivity contribution < 1.29 is 0 Å². The molecule has 0 bridgehead atoms. The van der Waals surface area contributed by atoms with Crippen LogP contribution < -0.4 is 5.73 Å². The zero-order chi connectivity index (χ0) is 15.5. The summed E-state index contributed by atoms with van der Waals surface area (Å²) in [5.74, 6) is 0.339. The average Bonchev–Trinajstić information content (AvgIpc) is 2.54. The first kappa shape index (κ1) is 14.7. The van der Waals surface area contributed by atoms with Crippen LogP contribution in [0.4, 0.5) is 5.82 Å². The van der Waals surface area contributed by atoms with Gasteiger partial charge in [-0.1, -0.05) is 25.1 Å². The molecule has 2 rings (SSSR count). The molecule has 3 N–H and O–H groups in total. The fourth-order valence-electron chi connectivity index (χ4n) is 2.27. The molecular weight excluding hydrogens is 260 g/mol. The normalized spacial score (nSPS) is 13.2. The lowest BCUT2D eigenvalue weighted by atomic mass is 9.80. The maximum atomic E-state index is 9.43. The molecule has 0 fully saturated rings. The second-order valence-electron chi connectivity index (χ2n) is 5.18. The van der Waals surface area contributed by atoms with Gasteiger partial charge in [-0.3, -0.25) is 0 Å². The van der Waals surface area contributed by atoms with E-state index in [0.29, 0.717) is 11.4 Å². The summed E-state index contributed by atoms with van der Waals surface area (Å²) in [5.41, 5.74) is 8.68. The highest BCUT2D eigenvalue weighted by Gasteiger charge is 2.24. The van der Waals surface area contributed by atoms with E-state index in [2.05, 4.69) is 11.1 Å². The third kappa shape index (κ3) is 2.63. The van der Waals surface area contributed by atoms with Gasteiger partial charge in [0.25, 0.3) is 0 Å². The summed E-state index contributed by atoms with van der Waals surface area (Å²) in [6.07, 6.45) is 3.59. The Kier molecular flexibility index (Phi) is 4.04. The van der Waals surface area contributed by atoms with Gasteiger partial charge in [-0.25, -0.2) is 4.98 Å². The molecule has 1 atom stereocenters. The van der Waals surface area contributed by atoms with Crippen molar-refractivity contribution in [2.75, 3.05) is 5.73 Å². The van der Waals surface area contributed by atoms with E-state index in [4.69, 9.17) is 11.1 Å². The number of hydrogen-bond acceptors (Lipinski definition) is 4. The van der Waals surface area contributed by atoms with Crippen molar-refractivity contribution in [2.24, 2.45) is 0 Å². The third-order valence-electron chi connectivity index (χ3n) is 3.93. The molecule has 1 aromatic carbocycles. The van der Waals surface area contributed by atoms with Crippen LogP contribution in [0.2, 0.25) is 0 Å². The Hall–Kier alpha value is -2.67. The summed E-state index contributed by atoms with van der Waals surface area (Å²) < 4.78 is 0. The van der Waals surface area contributed by atoms with E-state index in [1.54, 1.807) is 6.20 Å². The quantitative estimate of drug-likeness (QED) is 0.839. The second-order valence-corrected chi connectivity index (χ2v) is 5.18. The monoisotopic (exact) mass is 278 g/mol. The fraction of sp³-hybridized carbons (Fsp3) is 0.235. The number of nitrogens with one attached hydrogen (secondary N) is 1. The first-order chi connectivity index (χ1) is 10.1. The molecule has 1 aromatic heterocycles. The Balaban J connectivity index is 2.61. The van der Waals surface area contributed by atoms with E-state index < -0.39 is 5.41 Å². The van der Waals surface area contributed by atoms with Crippen LogP contribution in [0.1, 0.15) is 31.4 Å². The lowest BCUT2D eigenvalue weighted by molar-refractivity contribution is 0.587. The van der Waals surface area contributed by atoms with Crippen LogP contribution in [0.25, 0.3) is 11.1 Å². The minimum absolute atomic E-state index is 0.339. The molecule has 0 saturated heterocycles. The minimum atomic E-state index is -0.514. The summed E-state index contributed by atoms with van der Waals surface area (Å²) in [4.78, 5) is 4.01. The maximum absolute atomic E-state index is 9.43. The number of pyridine rings is 1. The average molecular weight is 278 g/mol. The van der Waals surface area contributed by atoms with Crippen LogP contribution in [0.5, 0.6) is 0 Å². The van der Waals surface area contributed by atoms with E-state index >= 15 is 0 Å². The van der Waals surface area contributed by atoms with Crippen molar-refractivity contribution in [1.82, 2.24) is 4.98 Å². The predicted molar refractivity (Wildman–Crippen MR) is 85.2 cm³/mol. The maximum Gasteiger partial charge on any atom is 0.132 e. The van der Waals surface area contributed by atoms with Crippen LogP contribution in [0.3, 0.4) is 0 Å². The number of benzene rings is 1. The molecule has 1 unspecified atom stereocenters. The zero-order valence-corrected chi connectivity index (χ0v) is 12.2. The van der Waals surface area contributed by atoms with E-state index in [1.807, 2.05) is 44.2 Å². The summed E-state index contributed by atoms with van der Waals surface area (Å²) in [5, 5.41) is 17.0. The predicted octanol–water partition coefficient (Wildman–Crippen LogP) is 3.52. The lowest BCUT2D eigenvalue weighted by Crippen LogP contribution is -2.17. The molecular formula is C17H18N4. The number of nitriles is 1. The number of nitrogens with zero attached hydrogens (tertiary/aromatic N) is 2. The molecule has 0 aliphatic rings. The Labute approximate surface area is 124 Å². The molecule has 0 radical (unpaired) electrons. The van der Waals surface area contributed by atoms with Crippen LogP contribution in [0, 0.1) is 16.7 Å². The van der Waals surface area contributed by atoms with Gasteiger partial charge in [-0.05, 0) is 42.2 Å². The fourth-order valence-corrected chi connectivity index (χ4v) is 2.27. The van der Waals surface area contributed by atoms with E-state index in [9.17, 15) is 5.26 Å². The van der Waals surface area contributed by atoms with Crippen molar-refractivity contribution in [3.05, 3.63) is 47.7 Å². The molecule has 0 amide bonds. The van der Waals surface area contributed by atoms with Gasteiger partial charge in [0, 0.05) is 18.0 Å². The van der Waals surface area contributed by atoms with Gasteiger partial charge >= 0.3 is 0 Å². The van der Waals surface area contributed by atoms with Gasteiger partial charge in [0.05, 0.1) is 11.5 Å².